The fourth-order valence-electron chi connectivity index (χ4n) is 1.25. The van der Waals surface area contributed by atoms with E-state index in [-0.39, 0.29) is 18.6 Å². The standard InChI is InChI=1S/C12H25NO3/c1-5-11(13-7-6-10(2)3)8-16-12(14)9-15-4/h10-11,13H,5-9H2,1-4H3. The molecule has 96 valence electrons. The summed E-state index contributed by atoms with van der Waals surface area (Å²) < 4.78 is 9.75. The second-order valence-corrected chi connectivity index (χ2v) is 4.36. The molecular formula is C12H25NO3. The minimum Gasteiger partial charge on any atom is -0.462 e. The average Bonchev–Trinajstić information content (AvgIpc) is 2.23. The lowest BCUT2D eigenvalue weighted by Crippen LogP contribution is -2.35. The highest BCUT2D eigenvalue weighted by Crippen LogP contribution is 1.99. The molecule has 0 radical (unpaired) electrons. The van der Waals surface area contributed by atoms with E-state index < -0.39 is 0 Å². The molecule has 1 unspecified atom stereocenters. The molecular weight excluding hydrogens is 206 g/mol. The van der Waals surface area contributed by atoms with Crippen LogP contribution in [0, 0.1) is 5.92 Å². The Kier molecular flexibility index (Phi) is 9.24. The van der Waals surface area contributed by atoms with Crippen LogP contribution in [0.25, 0.3) is 0 Å². The molecule has 0 aliphatic carbocycles. The van der Waals surface area contributed by atoms with Crippen molar-refractivity contribution in [3.8, 4) is 0 Å². The number of methoxy groups -OCH3 is 1. The maximum atomic E-state index is 11.1. The number of rotatable bonds is 9. The van der Waals surface area contributed by atoms with Crippen LogP contribution in [0.3, 0.4) is 0 Å². The summed E-state index contributed by atoms with van der Waals surface area (Å²) in [7, 11) is 1.49. The van der Waals surface area contributed by atoms with Crippen LogP contribution in [0.4, 0.5) is 0 Å². The highest BCUT2D eigenvalue weighted by molar-refractivity contribution is 5.70. The summed E-state index contributed by atoms with van der Waals surface area (Å²) in [5.41, 5.74) is 0. The Morgan fingerprint density at radius 1 is 1.38 bits per heavy atom. The summed E-state index contributed by atoms with van der Waals surface area (Å²) in [6.45, 7) is 7.90. The van der Waals surface area contributed by atoms with Gasteiger partial charge in [-0.25, -0.2) is 4.79 Å². The first-order valence-corrected chi connectivity index (χ1v) is 5.98. The van der Waals surface area contributed by atoms with Crippen molar-refractivity contribution in [2.24, 2.45) is 5.92 Å². The topological polar surface area (TPSA) is 47.6 Å². The summed E-state index contributed by atoms with van der Waals surface area (Å²) >= 11 is 0. The van der Waals surface area contributed by atoms with Crippen molar-refractivity contribution in [3.05, 3.63) is 0 Å². The predicted octanol–water partition coefficient (Wildman–Crippen LogP) is 1.59. The summed E-state index contributed by atoms with van der Waals surface area (Å²) in [6.07, 6.45) is 2.10. The summed E-state index contributed by atoms with van der Waals surface area (Å²) in [6, 6.07) is 0.250. The molecule has 0 spiro atoms. The Morgan fingerprint density at radius 2 is 2.06 bits per heavy atom. The van der Waals surface area contributed by atoms with Crippen molar-refractivity contribution < 1.29 is 14.3 Å². The third-order valence-electron chi connectivity index (χ3n) is 2.36. The first-order chi connectivity index (χ1) is 7.60. The molecule has 0 aliphatic heterocycles. The summed E-state index contributed by atoms with van der Waals surface area (Å²) in [5.74, 6) is 0.396. The van der Waals surface area contributed by atoms with Gasteiger partial charge in [0.25, 0.3) is 0 Å². The van der Waals surface area contributed by atoms with Crippen LogP contribution in [0.1, 0.15) is 33.6 Å². The van der Waals surface area contributed by atoms with Gasteiger partial charge >= 0.3 is 5.97 Å². The zero-order chi connectivity index (χ0) is 12.4. The highest BCUT2D eigenvalue weighted by Gasteiger charge is 2.09. The molecule has 0 aromatic heterocycles. The zero-order valence-electron chi connectivity index (χ0n) is 10.9. The molecule has 0 saturated heterocycles. The molecule has 1 N–H and O–H groups in total. The van der Waals surface area contributed by atoms with Crippen LogP contribution in [0.2, 0.25) is 0 Å². The molecule has 0 bridgehead atoms. The molecule has 0 heterocycles. The van der Waals surface area contributed by atoms with Gasteiger partial charge in [-0.15, -0.1) is 0 Å². The highest BCUT2D eigenvalue weighted by atomic mass is 16.6. The Bertz CT molecular complexity index is 183. The van der Waals surface area contributed by atoms with E-state index in [9.17, 15) is 4.79 Å². The Balaban J connectivity index is 3.62. The largest absolute Gasteiger partial charge is 0.462 e. The number of hydrogen-bond acceptors (Lipinski definition) is 4. The molecule has 0 rings (SSSR count). The van der Waals surface area contributed by atoms with E-state index in [1.807, 2.05) is 0 Å². The fourth-order valence-corrected chi connectivity index (χ4v) is 1.25. The maximum Gasteiger partial charge on any atom is 0.332 e. The first-order valence-electron chi connectivity index (χ1n) is 5.98. The van der Waals surface area contributed by atoms with Crippen molar-refractivity contribution >= 4 is 5.97 Å². The quantitative estimate of drug-likeness (QED) is 0.612. The molecule has 0 aromatic carbocycles. The van der Waals surface area contributed by atoms with E-state index in [1.54, 1.807) is 0 Å². The van der Waals surface area contributed by atoms with Gasteiger partial charge in [-0.2, -0.15) is 0 Å². The van der Waals surface area contributed by atoms with E-state index in [2.05, 4.69) is 30.8 Å². The van der Waals surface area contributed by atoms with Gasteiger partial charge in [0.2, 0.25) is 0 Å². The van der Waals surface area contributed by atoms with E-state index >= 15 is 0 Å². The van der Waals surface area contributed by atoms with E-state index in [1.165, 1.54) is 7.11 Å². The number of ether oxygens (including phenoxy) is 2. The summed E-state index contributed by atoms with van der Waals surface area (Å²) in [4.78, 5) is 11.1. The zero-order valence-corrected chi connectivity index (χ0v) is 10.9. The molecule has 1 atom stereocenters. The second kappa shape index (κ2) is 9.60. The molecule has 0 aliphatic rings. The molecule has 0 aromatic rings. The number of carbonyl (C=O) groups is 1. The number of hydrogen-bond donors (Lipinski definition) is 1. The maximum absolute atomic E-state index is 11.1. The van der Waals surface area contributed by atoms with Crippen molar-refractivity contribution in [2.75, 3.05) is 26.9 Å². The lowest BCUT2D eigenvalue weighted by Gasteiger charge is -2.17. The average molecular weight is 231 g/mol. The van der Waals surface area contributed by atoms with E-state index in [0.717, 1.165) is 19.4 Å². The van der Waals surface area contributed by atoms with Gasteiger partial charge in [0, 0.05) is 13.2 Å². The number of carbonyl (C=O) groups excluding carboxylic acids is 1. The van der Waals surface area contributed by atoms with E-state index in [0.29, 0.717) is 12.5 Å². The van der Waals surface area contributed by atoms with Crippen LogP contribution in [-0.4, -0.2) is 38.9 Å². The van der Waals surface area contributed by atoms with Crippen molar-refractivity contribution in [2.45, 2.75) is 39.7 Å². The normalized spacial score (nSPS) is 12.8. The third-order valence-corrected chi connectivity index (χ3v) is 2.36. The molecule has 16 heavy (non-hydrogen) atoms. The predicted molar refractivity (Wildman–Crippen MR) is 64.4 cm³/mol. The molecule has 0 saturated carbocycles. The van der Waals surface area contributed by atoms with Gasteiger partial charge in [0.1, 0.15) is 13.2 Å². The van der Waals surface area contributed by atoms with Crippen LogP contribution in [0.5, 0.6) is 0 Å². The van der Waals surface area contributed by atoms with Crippen molar-refractivity contribution in [3.63, 3.8) is 0 Å². The van der Waals surface area contributed by atoms with Gasteiger partial charge < -0.3 is 14.8 Å². The van der Waals surface area contributed by atoms with Crippen LogP contribution in [0.15, 0.2) is 0 Å². The van der Waals surface area contributed by atoms with Crippen molar-refractivity contribution in [1.82, 2.24) is 5.32 Å². The van der Waals surface area contributed by atoms with Gasteiger partial charge in [-0.05, 0) is 25.3 Å². The molecule has 0 amide bonds. The Labute approximate surface area is 98.7 Å². The van der Waals surface area contributed by atoms with Gasteiger partial charge in [-0.3, -0.25) is 0 Å². The lowest BCUT2D eigenvalue weighted by atomic mass is 10.1. The third kappa shape index (κ3) is 8.68. The van der Waals surface area contributed by atoms with E-state index in [4.69, 9.17) is 4.74 Å². The second-order valence-electron chi connectivity index (χ2n) is 4.36. The minimum atomic E-state index is -0.299. The van der Waals surface area contributed by atoms with Crippen molar-refractivity contribution in [1.29, 1.82) is 0 Å². The Morgan fingerprint density at radius 3 is 2.56 bits per heavy atom. The monoisotopic (exact) mass is 231 g/mol. The SMILES string of the molecule is CCC(COC(=O)COC)NCCC(C)C. The fraction of sp³-hybridized carbons (Fsp3) is 0.917. The number of esters is 1. The molecule has 4 nitrogen and oxygen atoms in total. The molecule has 4 heteroatoms. The molecule has 0 fully saturated rings. The number of nitrogens with one attached hydrogen (secondary N) is 1. The smallest absolute Gasteiger partial charge is 0.332 e. The summed E-state index contributed by atoms with van der Waals surface area (Å²) in [5, 5.41) is 3.38. The van der Waals surface area contributed by atoms with Gasteiger partial charge in [0.15, 0.2) is 0 Å². The minimum absolute atomic E-state index is 0.0302. The van der Waals surface area contributed by atoms with Crippen LogP contribution in [-0.2, 0) is 14.3 Å². The van der Waals surface area contributed by atoms with Crippen LogP contribution < -0.4 is 5.32 Å². The van der Waals surface area contributed by atoms with Gasteiger partial charge in [-0.1, -0.05) is 20.8 Å². The van der Waals surface area contributed by atoms with Crippen LogP contribution >= 0.6 is 0 Å². The Hall–Kier alpha value is -0.610. The first kappa shape index (κ1) is 15.4. The van der Waals surface area contributed by atoms with Gasteiger partial charge in [0.05, 0.1) is 0 Å². The lowest BCUT2D eigenvalue weighted by molar-refractivity contribution is -0.148.